The first-order valence-corrected chi connectivity index (χ1v) is 9.09. The van der Waals surface area contributed by atoms with Gasteiger partial charge in [-0.05, 0) is 61.7 Å². The van der Waals surface area contributed by atoms with Crippen LogP contribution in [0.4, 0.5) is 11.4 Å². The number of benzene rings is 2. The van der Waals surface area contributed by atoms with Gasteiger partial charge in [0.05, 0.1) is 11.3 Å². The summed E-state index contributed by atoms with van der Waals surface area (Å²) in [5, 5.41) is 3.56. The van der Waals surface area contributed by atoms with E-state index in [1.165, 1.54) is 0 Å². The molecule has 2 aliphatic rings. The van der Waals surface area contributed by atoms with E-state index in [0.717, 1.165) is 30.6 Å². The normalized spacial score (nSPS) is 18.6. The van der Waals surface area contributed by atoms with Crippen LogP contribution in [0.3, 0.4) is 0 Å². The minimum absolute atomic E-state index is 0.0564. The van der Waals surface area contributed by atoms with Crippen molar-refractivity contribution >= 4 is 34.8 Å². The van der Waals surface area contributed by atoms with Gasteiger partial charge in [-0.15, -0.1) is 0 Å². The number of halogens is 1. The zero-order valence-electron chi connectivity index (χ0n) is 14.8. The van der Waals surface area contributed by atoms with Crippen molar-refractivity contribution in [1.29, 1.82) is 0 Å². The molecule has 4 rings (SSSR count). The summed E-state index contributed by atoms with van der Waals surface area (Å²) in [4.78, 5) is 29.3. The first-order valence-electron chi connectivity index (χ1n) is 8.71. The van der Waals surface area contributed by atoms with E-state index in [1.807, 2.05) is 24.9 Å². The monoisotopic (exact) mass is 369 g/mol. The zero-order chi connectivity index (χ0) is 18.4. The Balaban J connectivity index is 1.62. The van der Waals surface area contributed by atoms with Gasteiger partial charge in [0.2, 0.25) is 0 Å². The van der Waals surface area contributed by atoms with Crippen LogP contribution < -0.4 is 10.2 Å². The Hall–Kier alpha value is -2.53. The third-order valence-corrected chi connectivity index (χ3v) is 5.64. The van der Waals surface area contributed by atoms with Gasteiger partial charge in [-0.25, -0.2) is 0 Å². The van der Waals surface area contributed by atoms with Crippen LogP contribution in [0.15, 0.2) is 36.4 Å². The van der Waals surface area contributed by atoms with Crippen molar-refractivity contribution in [2.75, 3.05) is 23.8 Å². The fourth-order valence-electron chi connectivity index (χ4n) is 3.78. The lowest BCUT2D eigenvalue weighted by Crippen LogP contribution is -2.50. The molecular formula is C20H20ClN3O2. The highest BCUT2D eigenvalue weighted by molar-refractivity contribution is 6.31. The van der Waals surface area contributed by atoms with E-state index in [0.29, 0.717) is 21.8 Å². The highest BCUT2D eigenvalue weighted by atomic mass is 35.5. The van der Waals surface area contributed by atoms with Crippen molar-refractivity contribution in [1.82, 2.24) is 4.90 Å². The predicted octanol–water partition coefficient (Wildman–Crippen LogP) is 3.91. The maximum absolute atomic E-state index is 12.7. The summed E-state index contributed by atoms with van der Waals surface area (Å²) in [6, 6.07) is 10.6. The van der Waals surface area contributed by atoms with E-state index in [9.17, 15) is 9.59 Å². The molecule has 2 aromatic rings. The van der Waals surface area contributed by atoms with Crippen LogP contribution in [-0.2, 0) is 0 Å². The summed E-state index contributed by atoms with van der Waals surface area (Å²) in [6.07, 6.45) is 2.06. The van der Waals surface area contributed by atoms with E-state index in [2.05, 4.69) is 10.2 Å². The van der Waals surface area contributed by atoms with Crippen LogP contribution in [-0.4, -0.2) is 36.5 Å². The first kappa shape index (κ1) is 16.9. The molecule has 2 aromatic carbocycles. The van der Waals surface area contributed by atoms with Gasteiger partial charge in [-0.1, -0.05) is 11.6 Å². The van der Waals surface area contributed by atoms with Gasteiger partial charge in [-0.2, -0.15) is 0 Å². The minimum Gasteiger partial charge on any atom is -0.354 e. The molecule has 0 unspecified atom stereocenters. The highest BCUT2D eigenvalue weighted by Gasteiger charge is 2.38. The van der Waals surface area contributed by atoms with Crippen molar-refractivity contribution in [3.8, 4) is 0 Å². The van der Waals surface area contributed by atoms with Gasteiger partial charge in [0.1, 0.15) is 6.17 Å². The first-order chi connectivity index (χ1) is 12.5. The molecule has 2 amide bonds. The number of rotatable bonds is 2. The molecule has 0 radical (unpaired) electrons. The average Bonchev–Trinajstić information content (AvgIpc) is 3.12. The SMILES string of the molecule is Cc1cc(NC(=O)c2ccc3c(c2)N(C)[C@H]2CCCN2C3=O)ccc1Cl. The quantitative estimate of drug-likeness (QED) is 0.873. The smallest absolute Gasteiger partial charge is 0.257 e. The Bertz CT molecular complexity index is 912. The molecule has 5 nitrogen and oxygen atoms in total. The summed E-state index contributed by atoms with van der Waals surface area (Å²) >= 11 is 6.03. The van der Waals surface area contributed by atoms with Gasteiger partial charge in [0.25, 0.3) is 11.8 Å². The number of nitrogens with zero attached hydrogens (tertiary/aromatic N) is 2. The van der Waals surface area contributed by atoms with Gasteiger partial charge >= 0.3 is 0 Å². The Morgan fingerprint density at radius 2 is 2.04 bits per heavy atom. The third kappa shape index (κ3) is 2.72. The number of aryl methyl sites for hydroxylation is 1. The Labute approximate surface area is 157 Å². The number of fused-ring (bicyclic) bond motifs is 2. The second-order valence-corrected chi connectivity index (χ2v) is 7.29. The average molecular weight is 370 g/mol. The van der Waals surface area contributed by atoms with Crippen LogP contribution in [0.1, 0.15) is 39.1 Å². The third-order valence-electron chi connectivity index (χ3n) is 5.22. The number of amides is 2. The highest BCUT2D eigenvalue weighted by Crippen LogP contribution is 2.35. The van der Waals surface area contributed by atoms with Gasteiger partial charge in [0.15, 0.2) is 0 Å². The van der Waals surface area contributed by atoms with Crippen LogP contribution in [0.2, 0.25) is 5.02 Å². The molecule has 1 atom stereocenters. The van der Waals surface area contributed by atoms with Gasteiger partial charge in [0, 0.05) is 29.9 Å². The summed E-state index contributed by atoms with van der Waals surface area (Å²) < 4.78 is 0. The lowest BCUT2D eigenvalue weighted by atomic mass is 10.0. The molecule has 1 fully saturated rings. The predicted molar refractivity (Wildman–Crippen MR) is 103 cm³/mol. The zero-order valence-corrected chi connectivity index (χ0v) is 15.5. The maximum Gasteiger partial charge on any atom is 0.257 e. The van der Waals surface area contributed by atoms with Crippen molar-refractivity contribution < 1.29 is 9.59 Å². The molecule has 1 N–H and O–H groups in total. The molecule has 6 heteroatoms. The number of hydrogen-bond donors (Lipinski definition) is 1. The number of anilines is 2. The van der Waals surface area contributed by atoms with E-state index < -0.39 is 0 Å². The lowest BCUT2D eigenvalue weighted by Gasteiger charge is -2.40. The van der Waals surface area contributed by atoms with Crippen molar-refractivity contribution in [3.05, 3.63) is 58.1 Å². The van der Waals surface area contributed by atoms with E-state index in [-0.39, 0.29) is 18.0 Å². The molecule has 0 aromatic heterocycles. The van der Waals surface area contributed by atoms with Crippen LogP contribution in [0.5, 0.6) is 0 Å². The van der Waals surface area contributed by atoms with Gasteiger partial charge in [-0.3, -0.25) is 9.59 Å². The fourth-order valence-corrected chi connectivity index (χ4v) is 3.89. The van der Waals surface area contributed by atoms with Crippen LogP contribution in [0, 0.1) is 6.92 Å². The standard InChI is InChI=1S/C20H20ClN3O2/c1-12-10-14(6-8-16(12)21)22-19(25)13-5-7-15-17(11-13)23(2)18-4-3-9-24(18)20(15)26/h5-8,10-11,18H,3-4,9H2,1-2H3,(H,22,25)/t18-/m1/s1. The fraction of sp³-hybridized carbons (Fsp3) is 0.300. The Kier molecular flexibility index (Phi) is 4.11. The largest absolute Gasteiger partial charge is 0.354 e. The molecule has 0 aliphatic carbocycles. The van der Waals surface area contributed by atoms with Crippen molar-refractivity contribution in [2.45, 2.75) is 25.9 Å². The molecule has 134 valence electrons. The number of hydrogen-bond acceptors (Lipinski definition) is 3. The molecule has 0 bridgehead atoms. The number of carbonyl (C=O) groups is 2. The molecule has 0 spiro atoms. The molecule has 26 heavy (non-hydrogen) atoms. The second-order valence-electron chi connectivity index (χ2n) is 6.88. The van der Waals surface area contributed by atoms with Crippen molar-refractivity contribution in [2.24, 2.45) is 0 Å². The van der Waals surface area contributed by atoms with Gasteiger partial charge < -0.3 is 15.1 Å². The molecular weight excluding hydrogens is 350 g/mol. The summed E-state index contributed by atoms with van der Waals surface area (Å²) in [5.74, 6) is -0.148. The van der Waals surface area contributed by atoms with Crippen LogP contribution >= 0.6 is 11.6 Å². The van der Waals surface area contributed by atoms with E-state index in [1.54, 1.807) is 30.3 Å². The summed E-state index contributed by atoms with van der Waals surface area (Å²) in [7, 11) is 1.98. The lowest BCUT2D eigenvalue weighted by molar-refractivity contribution is 0.0719. The molecule has 1 saturated heterocycles. The molecule has 0 saturated carbocycles. The number of carbonyl (C=O) groups excluding carboxylic acids is 2. The summed E-state index contributed by atoms with van der Waals surface area (Å²) in [6.45, 7) is 2.69. The molecule has 2 aliphatic heterocycles. The topological polar surface area (TPSA) is 52.7 Å². The van der Waals surface area contributed by atoms with E-state index in [4.69, 9.17) is 11.6 Å². The maximum atomic E-state index is 12.7. The second kappa shape index (κ2) is 6.32. The minimum atomic E-state index is -0.204. The van der Waals surface area contributed by atoms with E-state index >= 15 is 0 Å². The Morgan fingerprint density at radius 3 is 2.81 bits per heavy atom. The number of nitrogens with one attached hydrogen (secondary N) is 1. The van der Waals surface area contributed by atoms with Crippen molar-refractivity contribution in [3.63, 3.8) is 0 Å². The van der Waals surface area contributed by atoms with Crippen LogP contribution in [0.25, 0.3) is 0 Å². The Morgan fingerprint density at radius 1 is 1.23 bits per heavy atom. The molecule has 2 heterocycles. The summed E-state index contributed by atoms with van der Waals surface area (Å²) in [5.41, 5.74) is 3.60.